The maximum Gasteiger partial charge on any atom is 0.216 e. The number of rotatable bonds is 7. The molecule has 1 amide bonds. The van der Waals surface area contributed by atoms with Gasteiger partial charge in [-0.15, -0.1) is 22.7 Å². The summed E-state index contributed by atoms with van der Waals surface area (Å²) in [6.45, 7) is 2.19. The number of nitrogens with zero attached hydrogens (tertiary/aromatic N) is 1. The molecular weight excluding hydrogens is 368 g/mol. The molecule has 136 valence electrons. The maximum absolute atomic E-state index is 11.0. The van der Waals surface area contributed by atoms with Gasteiger partial charge in [0.2, 0.25) is 5.91 Å². The third-order valence-corrected chi connectivity index (χ3v) is 5.85. The van der Waals surface area contributed by atoms with Gasteiger partial charge in [-0.2, -0.15) is 0 Å². The predicted molar refractivity (Wildman–Crippen MR) is 106 cm³/mol. The topological polar surface area (TPSA) is 60.5 Å². The summed E-state index contributed by atoms with van der Waals surface area (Å²) in [7, 11) is 3.25. The fraction of sp³-hybridized carbons (Fsp3) is 0.263. The maximum atomic E-state index is 11.0. The van der Waals surface area contributed by atoms with E-state index in [4.69, 9.17) is 14.5 Å². The Kier molecular flexibility index (Phi) is 5.90. The number of carbonyl (C=O) groups is 1. The monoisotopic (exact) mass is 388 g/mol. The molecule has 3 rings (SSSR count). The zero-order valence-electron chi connectivity index (χ0n) is 14.9. The van der Waals surface area contributed by atoms with Crippen molar-refractivity contribution in [1.29, 1.82) is 0 Å². The second-order valence-corrected chi connectivity index (χ2v) is 7.63. The van der Waals surface area contributed by atoms with Gasteiger partial charge in [0, 0.05) is 29.3 Å². The van der Waals surface area contributed by atoms with Crippen molar-refractivity contribution >= 4 is 28.6 Å². The number of aromatic nitrogens is 1. The van der Waals surface area contributed by atoms with Gasteiger partial charge in [0.25, 0.3) is 0 Å². The van der Waals surface area contributed by atoms with Gasteiger partial charge in [-0.25, -0.2) is 4.98 Å². The Morgan fingerprint density at radius 2 is 1.96 bits per heavy atom. The number of carbonyl (C=O) groups excluding carboxylic acids is 1. The Balaban J connectivity index is 1.76. The van der Waals surface area contributed by atoms with Crippen LogP contribution in [0.3, 0.4) is 0 Å². The minimum atomic E-state index is 0.000780. The second kappa shape index (κ2) is 8.33. The van der Waals surface area contributed by atoms with Gasteiger partial charge in [0.1, 0.15) is 5.01 Å². The van der Waals surface area contributed by atoms with Crippen LogP contribution in [0, 0.1) is 0 Å². The standard InChI is InChI=1S/C19H20N2O3S2/c1-12(22)20-9-8-14-5-7-18(26-14)15-11-25-19(21-15)13-4-6-16(23-2)17(10-13)24-3/h4-7,10-11H,8-9H2,1-3H3,(H,20,22). The lowest BCUT2D eigenvalue weighted by Gasteiger charge is -2.08. The number of hydrogen-bond acceptors (Lipinski definition) is 6. The van der Waals surface area contributed by atoms with E-state index in [1.165, 1.54) is 11.8 Å². The van der Waals surface area contributed by atoms with Crippen LogP contribution in [0.25, 0.3) is 21.1 Å². The molecule has 0 fully saturated rings. The van der Waals surface area contributed by atoms with E-state index in [1.54, 1.807) is 36.9 Å². The Labute approximate surface area is 160 Å². The molecule has 7 heteroatoms. The van der Waals surface area contributed by atoms with Gasteiger partial charge in [-0.3, -0.25) is 4.79 Å². The summed E-state index contributed by atoms with van der Waals surface area (Å²) in [6, 6.07) is 9.99. The first-order valence-electron chi connectivity index (χ1n) is 8.12. The van der Waals surface area contributed by atoms with Crippen LogP contribution in [0.4, 0.5) is 0 Å². The van der Waals surface area contributed by atoms with Gasteiger partial charge in [0.05, 0.1) is 24.8 Å². The van der Waals surface area contributed by atoms with Crippen molar-refractivity contribution in [3.05, 3.63) is 40.6 Å². The molecule has 2 heterocycles. The van der Waals surface area contributed by atoms with Crippen LogP contribution in [-0.2, 0) is 11.2 Å². The van der Waals surface area contributed by atoms with E-state index in [-0.39, 0.29) is 5.91 Å². The zero-order chi connectivity index (χ0) is 18.5. The van der Waals surface area contributed by atoms with Gasteiger partial charge in [-0.1, -0.05) is 0 Å². The Bertz CT molecular complexity index is 902. The molecule has 2 aromatic heterocycles. The number of benzene rings is 1. The fourth-order valence-corrected chi connectivity index (χ4v) is 4.36. The molecule has 1 aromatic carbocycles. The number of methoxy groups -OCH3 is 2. The lowest BCUT2D eigenvalue weighted by Crippen LogP contribution is -2.21. The first kappa shape index (κ1) is 18.4. The van der Waals surface area contributed by atoms with Crippen LogP contribution in [0.1, 0.15) is 11.8 Å². The van der Waals surface area contributed by atoms with Crippen LogP contribution in [-0.4, -0.2) is 31.7 Å². The molecule has 0 saturated heterocycles. The smallest absolute Gasteiger partial charge is 0.216 e. The summed E-state index contributed by atoms with van der Waals surface area (Å²) in [5.41, 5.74) is 1.97. The van der Waals surface area contributed by atoms with Crippen molar-refractivity contribution in [3.8, 4) is 32.6 Å². The summed E-state index contributed by atoms with van der Waals surface area (Å²) in [5.74, 6) is 1.40. The van der Waals surface area contributed by atoms with Crippen LogP contribution >= 0.6 is 22.7 Å². The minimum absolute atomic E-state index is 0.000780. The summed E-state index contributed by atoms with van der Waals surface area (Å²) >= 11 is 3.31. The second-order valence-electron chi connectivity index (χ2n) is 5.61. The average Bonchev–Trinajstić information content (AvgIpc) is 3.30. The highest BCUT2D eigenvalue weighted by molar-refractivity contribution is 7.16. The average molecular weight is 389 g/mol. The molecule has 0 bridgehead atoms. The lowest BCUT2D eigenvalue weighted by molar-refractivity contribution is -0.118. The summed E-state index contributed by atoms with van der Waals surface area (Å²) in [4.78, 5) is 18.1. The van der Waals surface area contributed by atoms with E-state index in [0.29, 0.717) is 18.0 Å². The highest BCUT2D eigenvalue weighted by Gasteiger charge is 2.12. The van der Waals surface area contributed by atoms with Crippen molar-refractivity contribution < 1.29 is 14.3 Å². The van der Waals surface area contributed by atoms with E-state index in [9.17, 15) is 4.79 Å². The first-order chi connectivity index (χ1) is 12.6. The van der Waals surface area contributed by atoms with E-state index in [0.717, 1.165) is 27.6 Å². The molecule has 5 nitrogen and oxygen atoms in total. The highest BCUT2D eigenvalue weighted by Crippen LogP contribution is 2.36. The molecule has 0 unspecified atom stereocenters. The van der Waals surface area contributed by atoms with Crippen molar-refractivity contribution in [2.75, 3.05) is 20.8 Å². The van der Waals surface area contributed by atoms with E-state index in [2.05, 4.69) is 22.8 Å². The molecule has 0 saturated carbocycles. The molecule has 0 aliphatic carbocycles. The molecule has 1 N–H and O–H groups in total. The van der Waals surface area contributed by atoms with Crippen molar-refractivity contribution in [2.45, 2.75) is 13.3 Å². The SMILES string of the molecule is COc1ccc(-c2nc(-c3ccc(CCNC(C)=O)s3)cs2)cc1OC. The van der Waals surface area contributed by atoms with E-state index in [1.807, 2.05) is 18.2 Å². The molecule has 0 aliphatic rings. The Morgan fingerprint density at radius 1 is 1.15 bits per heavy atom. The number of thiophene rings is 1. The first-order valence-corrected chi connectivity index (χ1v) is 9.81. The number of thiazole rings is 1. The van der Waals surface area contributed by atoms with Gasteiger partial charge in [0.15, 0.2) is 11.5 Å². The number of amides is 1. The highest BCUT2D eigenvalue weighted by atomic mass is 32.1. The van der Waals surface area contributed by atoms with Crippen LogP contribution in [0.15, 0.2) is 35.7 Å². The largest absolute Gasteiger partial charge is 0.493 e. The van der Waals surface area contributed by atoms with Gasteiger partial charge < -0.3 is 14.8 Å². The van der Waals surface area contributed by atoms with E-state index >= 15 is 0 Å². The third kappa shape index (κ3) is 4.23. The number of ether oxygens (including phenoxy) is 2. The molecule has 26 heavy (non-hydrogen) atoms. The molecule has 0 radical (unpaired) electrons. The zero-order valence-corrected chi connectivity index (χ0v) is 16.5. The van der Waals surface area contributed by atoms with Crippen LogP contribution in [0.2, 0.25) is 0 Å². The molecule has 0 spiro atoms. The minimum Gasteiger partial charge on any atom is -0.493 e. The summed E-state index contributed by atoms with van der Waals surface area (Å²) in [6.07, 6.45) is 0.830. The Hall–Kier alpha value is -2.38. The quantitative estimate of drug-likeness (QED) is 0.658. The Morgan fingerprint density at radius 3 is 2.69 bits per heavy atom. The van der Waals surface area contributed by atoms with E-state index < -0.39 is 0 Å². The normalized spacial score (nSPS) is 10.6. The number of nitrogens with one attached hydrogen (secondary N) is 1. The summed E-state index contributed by atoms with van der Waals surface area (Å²) in [5, 5.41) is 5.82. The third-order valence-electron chi connectivity index (χ3n) is 3.79. The predicted octanol–water partition coefficient (Wildman–Crippen LogP) is 4.23. The van der Waals surface area contributed by atoms with Crippen LogP contribution < -0.4 is 14.8 Å². The fourth-order valence-electron chi connectivity index (χ4n) is 2.50. The van der Waals surface area contributed by atoms with Crippen molar-refractivity contribution in [2.24, 2.45) is 0 Å². The van der Waals surface area contributed by atoms with Crippen LogP contribution in [0.5, 0.6) is 11.5 Å². The van der Waals surface area contributed by atoms with Crippen molar-refractivity contribution in [3.63, 3.8) is 0 Å². The lowest BCUT2D eigenvalue weighted by atomic mass is 10.2. The summed E-state index contributed by atoms with van der Waals surface area (Å²) < 4.78 is 10.7. The molecule has 0 aliphatic heterocycles. The molecular formula is C19H20N2O3S2. The van der Waals surface area contributed by atoms with Crippen molar-refractivity contribution in [1.82, 2.24) is 10.3 Å². The van der Waals surface area contributed by atoms with Gasteiger partial charge in [-0.05, 0) is 36.8 Å². The molecule has 3 aromatic rings. The molecule has 0 atom stereocenters. The van der Waals surface area contributed by atoms with Gasteiger partial charge >= 0.3 is 0 Å². The number of hydrogen-bond donors (Lipinski definition) is 1.